The first-order valence-electron chi connectivity index (χ1n) is 10.7. The van der Waals surface area contributed by atoms with E-state index in [1.807, 2.05) is 31.3 Å². The minimum absolute atomic E-state index is 0.646. The molecule has 4 heterocycles. The molecule has 0 atom stereocenters. The number of rotatable bonds is 4. The monoisotopic (exact) mass is 402 g/mol. The van der Waals surface area contributed by atoms with E-state index < -0.39 is 0 Å². The number of hydrogen-bond donors (Lipinski definition) is 0. The zero-order valence-electron chi connectivity index (χ0n) is 17.6. The molecule has 1 aromatic carbocycles. The van der Waals surface area contributed by atoms with Crippen molar-refractivity contribution in [3.05, 3.63) is 29.8 Å². The third-order valence-corrected chi connectivity index (χ3v) is 6.27. The molecule has 154 valence electrons. The fourth-order valence-electron chi connectivity index (χ4n) is 4.70. The molecule has 0 bridgehead atoms. The topological polar surface area (TPSA) is 70.2 Å². The molecule has 2 aliphatic heterocycles. The van der Waals surface area contributed by atoms with Crippen molar-refractivity contribution in [1.82, 2.24) is 14.5 Å². The van der Waals surface area contributed by atoms with Gasteiger partial charge in [0, 0.05) is 33.2 Å². The summed E-state index contributed by atoms with van der Waals surface area (Å²) in [6.45, 7) is 3.93. The first kappa shape index (κ1) is 18.7. The van der Waals surface area contributed by atoms with Crippen LogP contribution in [-0.4, -0.2) is 47.8 Å². The number of anilines is 2. The maximum atomic E-state index is 10.2. The van der Waals surface area contributed by atoms with E-state index in [4.69, 9.17) is 14.7 Å². The summed E-state index contributed by atoms with van der Waals surface area (Å²) in [6, 6.07) is 10.3. The van der Waals surface area contributed by atoms with Crippen molar-refractivity contribution in [2.75, 3.05) is 43.1 Å². The molecule has 7 heteroatoms. The first-order chi connectivity index (χ1) is 14.7. The SMILES string of the molecule is COc1ccc(-c2c(C#N)c3c(N4CCCC4)nc(N4CCCC4)nc3n2C)cc1. The van der Waals surface area contributed by atoms with E-state index in [2.05, 4.69) is 20.4 Å². The highest BCUT2D eigenvalue weighted by molar-refractivity contribution is 6.00. The Hall–Kier alpha value is -3.27. The normalized spacial score (nSPS) is 16.4. The molecule has 0 amide bonds. The number of fused-ring (bicyclic) bond motifs is 1. The van der Waals surface area contributed by atoms with Crippen LogP contribution in [0.2, 0.25) is 0 Å². The van der Waals surface area contributed by atoms with Crippen LogP contribution in [0.25, 0.3) is 22.3 Å². The molecule has 2 aliphatic rings. The van der Waals surface area contributed by atoms with Crippen LogP contribution in [0.5, 0.6) is 5.75 Å². The van der Waals surface area contributed by atoms with Crippen LogP contribution >= 0.6 is 0 Å². The fourth-order valence-corrected chi connectivity index (χ4v) is 4.70. The Morgan fingerprint density at radius 1 is 0.933 bits per heavy atom. The third-order valence-electron chi connectivity index (χ3n) is 6.27. The van der Waals surface area contributed by atoms with E-state index in [1.54, 1.807) is 7.11 Å². The smallest absolute Gasteiger partial charge is 0.229 e. The van der Waals surface area contributed by atoms with Crippen molar-refractivity contribution >= 4 is 22.8 Å². The summed E-state index contributed by atoms with van der Waals surface area (Å²) in [6.07, 6.45) is 4.66. The summed E-state index contributed by atoms with van der Waals surface area (Å²) in [7, 11) is 3.65. The molecule has 2 saturated heterocycles. The number of methoxy groups -OCH3 is 1. The molecule has 30 heavy (non-hydrogen) atoms. The van der Waals surface area contributed by atoms with E-state index in [1.165, 1.54) is 12.8 Å². The highest BCUT2D eigenvalue weighted by Crippen LogP contribution is 2.39. The molecular formula is C23H26N6O. The summed E-state index contributed by atoms with van der Waals surface area (Å²) in [4.78, 5) is 14.5. The van der Waals surface area contributed by atoms with Crippen molar-refractivity contribution in [2.45, 2.75) is 25.7 Å². The summed E-state index contributed by atoms with van der Waals surface area (Å²) in [5.41, 5.74) is 3.33. The molecule has 5 rings (SSSR count). The third kappa shape index (κ3) is 2.95. The van der Waals surface area contributed by atoms with Gasteiger partial charge in [0.2, 0.25) is 5.95 Å². The minimum Gasteiger partial charge on any atom is -0.497 e. The van der Waals surface area contributed by atoms with Gasteiger partial charge in [-0.2, -0.15) is 15.2 Å². The van der Waals surface area contributed by atoms with Crippen LogP contribution in [0.3, 0.4) is 0 Å². The molecule has 0 N–H and O–H groups in total. The van der Waals surface area contributed by atoms with Crippen LogP contribution < -0.4 is 14.5 Å². The lowest BCUT2D eigenvalue weighted by Crippen LogP contribution is -2.24. The van der Waals surface area contributed by atoms with Gasteiger partial charge in [-0.3, -0.25) is 0 Å². The van der Waals surface area contributed by atoms with E-state index in [0.29, 0.717) is 5.56 Å². The number of nitrogens with zero attached hydrogens (tertiary/aromatic N) is 6. The van der Waals surface area contributed by atoms with Crippen molar-refractivity contribution < 1.29 is 4.74 Å². The van der Waals surface area contributed by atoms with Gasteiger partial charge in [-0.25, -0.2) is 0 Å². The molecule has 2 aromatic heterocycles. The first-order valence-corrected chi connectivity index (χ1v) is 10.7. The van der Waals surface area contributed by atoms with Crippen LogP contribution in [0.15, 0.2) is 24.3 Å². The number of aryl methyl sites for hydroxylation is 1. The summed E-state index contributed by atoms with van der Waals surface area (Å²) < 4.78 is 7.36. The highest BCUT2D eigenvalue weighted by Gasteiger charge is 2.28. The van der Waals surface area contributed by atoms with Crippen molar-refractivity contribution in [3.8, 4) is 23.1 Å². The molecule has 0 aliphatic carbocycles. The average molecular weight is 403 g/mol. The Labute approximate surface area is 176 Å². The predicted octanol–water partition coefficient (Wildman–Crippen LogP) is 3.72. The maximum absolute atomic E-state index is 10.2. The summed E-state index contributed by atoms with van der Waals surface area (Å²) >= 11 is 0. The van der Waals surface area contributed by atoms with Crippen molar-refractivity contribution in [1.29, 1.82) is 5.26 Å². The Kier molecular flexibility index (Phi) is 4.70. The lowest BCUT2D eigenvalue weighted by Gasteiger charge is -2.21. The van der Waals surface area contributed by atoms with Gasteiger partial charge in [0.15, 0.2) is 0 Å². The van der Waals surface area contributed by atoms with Crippen LogP contribution in [0, 0.1) is 11.3 Å². The van der Waals surface area contributed by atoms with Crippen LogP contribution in [0.4, 0.5) is 11.8 Å². The molecule has 0 radical (unpaired) electrons. The molecule has 3 aromatic rings. The lowest BCUT2D eigenvalue weighted by atomic mass is 10.1. The highest BCUT2D eigenvalue weighted by atomic mass is 16.5. The molecular weight excluding hydrogens is 376 g/mol. The van der Waals surface area contributed by atoms with Gasteiger partial charge in [0.25, 0.3) is 0 Å². The largest absolute Gasteiger partial charge is 0.497 e. The zero-order chi connectivity index (χ0) is 20.7. The van der Waals surface area contributed by atoms with Crippen molar-refractivity contribution in [2.24, 2.45) is 7.05 Å². The minimum atomic E-state index is 0.646. The van der Waals surface area contributed by atoms with E-state index in [0.717, 1.165) is 78.8 Å². The van der Waals surface area contributed by atoms with Gasteiger partial charge in [-0.1, -0.05) is 0 Å². The Bertz CT molecular complexity index is 1120. The Morgan fingerprint density at radius 2 is 1.57 bits per heavy atom. The quantitative estimate of drug-likeness (QED) is 0.662. The number of hydrogen-bond acceptors (Lipinski definition) is 6. The van der Waals surface area contributed by atoms with Gasteiger partial charge in [-0.15, -0.1) is 0 Å². The second-order valence-electron chi connectivity index (χ2n) is 8.06. The van der Waals surface area contributed by atoms with Crippen molar-refractivity contribution in [3.63, 3.8) is 0 Å². The molecule has 2 fully saturated rings. The van der Waals surface area contributed by atoms with E-state index in [9.17, 15) is 5.26 Å². The fraction of sp³-hybridized carbons (Fsp3) is 0.435. The second kappa shape index (κ2) is 7.52. The maximum Gasteiger partial charge on any atom is 0.229 e. The Morgan fingerprint density at radius 3 is 2.17 bits per heavy atom. The van der Waals surface area contributed by atoms with Gasteiger partial charge in [0.1, 0.15) is 23.3 Å². The number of benzene rings is 1. The van der Waals surface area contributed by atoms with E-state index in [-0.39, 0.29) is 0 Å². The lowest BCUT2D eigenvalue weighted by molar-refractivity contribution is 0.415. The standard InChI is InChI=1S/C23H26N6O/c1-27-20(16-7-9-17(30-2)10-8-16)18(15-24)19-21(27)25-23(29-13-5-6-14-29)26-22(19)28-11-3-4-12-28/h7-10H,3-6,11-14H2,1-2H3. The predicted molar refractivity (Wildman–Crippen MR) is 118 cm³/mol. The number of aromatic nitrogens is 3. The molecule has 0 saturated carbocycles. The Balaban J connectivity index is 1.76. The van der Waals surface area contributed by atoms with E-state index >= 15 is 0 Å². The van der Waals surface area contributed by atoms with Crippen LogP contribution in [0.1, 0.15) is 31.2 Å². The average Bonchev–Trinajstić information content (AvgIpc) is 3.54. The number of ether oxygens (including phenoxy) is 1. The summed E-state index contributed by atoms with van der Waals surface area (Å²) in [5, 5.41) is 11.0. The van der Waals surface area contributed by atoms with Gasteiger partial charge in [-0.05, 0) is 55.5 Å². The number of nitriles is 1. The summed E-state index contributed by atoms with van der Waals surface area (Å²) in [5.74, 6) is 2.49. The van der Waals surface area contributed by atoms with Gasteiger partial charge >= 0.3 is 0 Å². The van der Waals surface area contributed by atoms with Crippen LogP contribution in [-0.2, 0) is 7.05 Å². The molecule has 7 nitrogen and oxygen atoms in total. The zero-order valence-corrected chi connectivity index (χ0v) is 17.6. The molecule has 0 unspecified atom stereocenters. The second-order valence-corrected chi connectivity index (χ2v) is 8.06. The van der Waals surface area contributed by atoms with Gasteiger partial charge < -0.3 is 19.1 Å². The molecule has 0 spiro atoms. The van der Waals surface area contributed by atoms with Gasteiger partial charge in [0.05, 0.1) is 23.8 Å².